The largest absolute Gasteiger partial charge is 0.475 e. The van der Waals surface area contributed by atoms with E-state index in [1.54, 1.807) is 23.7 Å². The van der Waals surface area contributed by atoms with Crippen LogP contribution in [0, 0.1) is 0 Å². The van der Waals surface area contributed by atoms with Gasteiger partial charge in [-0.05, 0) is 24.3 Å². The highest BCUT2D eigenvalue weighted by atomic mass is 32.1. The number of carbonyl (C=O) groups excluding carboxylic acids is 1. The van der Waals surface area contributed by atoms with E-state index in [4.69, 9.17) is 4.74 Å². The number of ether oxygens (including phenoxy) is 1. The van der Waals surface area contributed by atoms with E-state index >= 15 is 0 Å². The second-order valence-electron chi connectivity index (χ2n) is 5.79. The van der Waals surface area contributed by atoms with Crippen molar-refractivity contribution in [1.82, 2.24) is 15.3 Å². The number of nitrogens with one attached hydrogen (secondary N) is 1. The molecule has 1 aliphatic heterocycles. The third-order valence-electron chi connectivity index (χ3n) is 3.86. The summed E-state index contributed by atoms with van der Waals surface area (Å²) in [5.41, 5.74) is 0. The van der Waals surface area contributed by atoms with Gasteiger partial charge in [-0.3, -0.25) is 4.79 Å². The van der Waals surface area contributed by atoms with Crippen molar-refractivity contribution in [3.63, 3.8) is 0 Å². The van der Waals surface area contributed by atoms with Gasteiger partial charge in [0.15, 0.2) is 5.82 Å². The van der Waals surface area contributed by atoms with Gasteiger partial charge in [0.2, 0.25) is 5.91 Å². The Kier molecular flexibility index (Phi) is 5.63. The van der Waals surface area contributed by atoms with Crippen molar-refractivity contribution in [1.29, 1.82) is 0 Å². The lowest BCUT2D eigenvalue weighted by molar-refractivity contribution is -0.120. The average Bonchev–Trinajstić information content (AvgIpc) is 3.25. The highest BCUT2D eigenvalue weighted by Crippen LogP contribution is 2.26. The molecule has 3 rings (SSSR count). The van der Waals surface area contributed by atoms with Crippen LogP contribution in [-0.2, 0) is 11.2 Å². The Morgan fingerprint density at radius 3 is 3.12 bits per heavy atom. The third-order valence-corrected chi connectivity index (χ3v) is 4.73. The van der Waals surface area contributed by atoms with Gasteiger partial charge < -0.3 is 15.0 Å². The fraction of sp³-hybridized carbons (Fsp3) is 0.471. The molecule has 0 aromatic carbocycles. The van der Waals surface area contributed by atoms with Gasteiger partial charge in [-0.15, -0.1) is 11.3 Å². The highest BCUT2D eigenvalue weighted by Gasteiger charge is 2.27. The summed E-state index contributed by atoms with van der Waals surface area (Å²) in [4.78, 5) is 24.1. The molecule has 2 aromatic rings. The molecule has 1 atom stereocenters. The van der Waals surface area contributed by atoms with Crippen LogP contribution in [0.3, 0.4) is 0 Å². The monoisotopic (exact) mass is 346 g/mol. The molecule has 2 aromatic heterocycles. The third kappa shape index (κ3) is 4.23. The molecular formula is C17H22N4O2S. The molecule has 1 saturated heterocycles. The van der Waals surface area contributed by atoms with E-state index < -0.39 is 0 Å². The number of thiophene rings is 1. The number of nitrogens with zero attached hydrogens (tertiary/aromatic N) is 3. The minimum atomic E-state index is 0.0749. The average molecular weight is 346 g/mol. The molecule has 3 heterocycles. The van der Waals surface area contributed by atoms with Crippen LogP contribution < -0.4 is 15.0 Å². The summed E-state index contributed by atoms with van der Waals surface area (Å²) in [6.07, 6.45) is 5.60. The molecule has 0 aliphatic carbocycles. The smallest absolute Gasteiger partial charge is 0.257 e. The molecule has 0 saturated carbocycles. The molecule has 0 spiro atoms. The van der Waals surface area contributed by atoms with Crippen LogP contribution in [0.4, 0.5) is 5.82 Å². The summed E-state index contributed by atoms with van der Waals surface area (Å²) in [6.45, 7) is 4.26. The van der Waals surface area contributed by atoms with Gasteiger partial charge >= 0.3 is 0 Å². The first-order valence-corrected chi connectivity index (χ1v) is 9.14. The summed E-state index contributed by atoms with van der Waals surface area (Å²) >= 11 is 1.61. The van der Waals surface area contributed by atoms with Gasteiger partial charge in [0, 0.05) is 36.4 Å². The van der Waals surface area contributed by atoms with E-state index in [1.807, 2.05) is 17.5 Å². The quantitative estimate of drug-likeness (QED) is 0.833. The van der Waals surface area contributed by atoms with Crippen molar-refractivity contribution in [2.24, 2.45) is 0 Å². The minimum absolute atomic E-state index is 0.0749. The maximum atomic E-state index is 12.1. The van der Waals surface area contributed by atoms with Gasteiger partial charge in [-0.2, -0.15) is 0 Å². The minimum Gasteiger partial charge on any atom is -0.475 e. The van der Waals surface area contributed by atoms with E-state index in [0.29, 0.717) is 18.9 Å². The van der Waals surface area contributed by atoms with Crippen molar-refractivity contribution in [2.75, 3.05) is 24.6 Å². The first-order valence-electron chi connectivity index (χ1n) is 8.26. The molecule has 1 N–H and O–H groups in total. The Bertz CT molecular complexity index is 662. The van der Waals surface area contributed by atoms with Crippen molar-refractivity contribution >= 4 is 23.1 Å². The Morgan fingerprint density at radius 1 is 1.46 bits per heavy atom. The molecule has 0 unspecified atom stereocenters. The van der Waals surface area contributed by atoms with Crippen LogP contribution in [0.15, 0.2) is 29.9 Å². The standard InChI is InChI=1S/C17H22N4O2S/c1-2-9-23-17-16(18-6-7-19-17)21-8-5-13(12-21)20-15(22)11-14-4-3-10-24-14/h3-4,6-7,10,13H,2,5,8-9,11-12H2,1H3,(H,20,22)/t13-/m1/s1. The van der Waals surface area contributed by atoms with E-state index in [9.17, 15) is 4.79 Å². The lowest BCUT2D eigenvalue weighted by Gasteiger charge is -2.19. The zero-order valence-electron chi connectivity index (χ0n) is 13.8. The SMILES string of the molecule is CCCOc1nccnc1N1CC[C@@H](NC(=O)Cc2cccs2)C1. The molecule has 0 radical (unpaired) electrons. The van der Waals surface area contributed by atoms with Crippen LogP contribution in [-0.4, -0.2) is 41.6 Å². The van der Waals surface area contributed by atoms with E-state index in [2.05, 4.69) is 27.1 Å². The predicted octanol–water partition coefficient (Wildman–Crippen LogP) is 2.26. The van der Waals surface area contributed by atoms with Gasteiger partial charge in [-0.25, -0.2) is 9.97 Å². The number of aromatic nitrogens is 2. The molecule has 1 amide bonds. The number of hydrogen-bond acceptors (Lipinski definition) is 6. The van der Waals surface area contributed by atoms with Crippen LogP contribution in [0.1, 0.15) is 24.6 Å². The summed E-state index contributed by atoms with van der Waals surface area (Å²) in [7, 11) is 0. The van der Waals surface area contributed by atoms with Gasteiger partial charge in [0.05, 0.1) is 13.0 Å². The molecule has 24 heavy (non-hydrogen) atoms. The summed E-state index contributed by atoms with van der Waals surface area (Å²) < 4.78 is 5.68. The van der Waals surface area contributed by atoms with Gasteiger partial charge in [0.1, 0.15) is 0 Å². The molecule has 0 bridgehead atoms. The maximum Gasteiger partial charge on any atom is 0.257 e. The second-order valence-corrected chi connectivity index (χ2v) is 6.82. The molecular weight excluding hydrogens is 324 g/mol. The number of rotatable bonds is 7. The van der Waals surface area contributed by atoms with Crippen molar-refractivity contribution in [3.8, 4) is 5.88 Å². The molecule has 1 aliphatic rings. The number of carbonyl (C=O) groups is 1. The Hall–Kier alpha value is -2.15. The zero-order chi connectivity index (χ0) is 16.8. The second kappa shape index (κ2) is 8.10. The molecule has 128 valence electrons. The normalized spacial score (nSPS) is 17.0. The Labute approximate surface area is 145 Å². The molecule has 1 fully saturated rings. The summed E-state index contributed by atoms with van der Waals surface area (Å²) in [6, 6.07) is 4.09. The predicted molar refractivity (Wildman–Crippen MR) is 94.6 cm³/mol. The number of amides is 1. The van der Waals surface area contributed by atoms with E-state index in [0.717, 1.165) is 36.6 Å². The van der Waals surface area contributed by atoms with Crippen LogP contribution >= 0.6 is 11.3 Å². The lowest BCUT2D eigenvalue weighted by atomic mass is 10.2. The number of anilines is 1. The zero-order valence-corrected chi connectivity index (χ0v) is 14.6. The number of hydrogen-bond donors (Lipinski definition) is 1. The molecule has 7 heteroatoms. The van der Waals surface area contributed by atoms with Gasteiger partial charge in [-0.1, -0.05) is 13.0 Å². The first-order chi connectivity index (χ1) is 11.8. The summed E-state index contributed by atoms with van der Waals surface area (Å²) in [5, 5.41) is 5.11. The van der Waals surface area contributed by atoms with Crippen LogP contribution in [0.25, 0.3) is 0 Å². The Morgan fingerprint density at radius 2 is 2.33 bits per heavy atom. The van der Waals surface area contributed by atoms with Crippen LogP contribution in [0.2, 0.25) is 0 Å². The van der Waals surface area contributed by atoms with Gasteiger partial charge in [0.25, 0.3) is 5.88 Å². The highest BCUT2D eigenvalue weighted by molar-refractivity contribution is 7.10. The molecule has 6 nitrogen and oxygen atoms in total. The van der Waals surface area contributed by atoms with E-state index in [-0.39, 0.29) is 11.9 Å². The maximum absolute atomic E-state index is 12.1. The lowest BCUT2D eigenvalue weighted by Crippen LogP contribution is -2.38. The fourth-order valence-corrected chi connectivity index (χ4v) is 3.46. The fourth-order valence-electron chi connectivity index (χ4n) is 2.76. The topological polar surface area (TPSA) is 67.4 Å². The van der Waals surface area contributed by atoms with Crippen molar-refractivity contribution in [2.45, 2.75) is 32.2 Å². The van der Waals surface area contributed by atoms with Crippen LogP contribution in [0.5, 0.6) is 5.88 Å². The Balaban J connectivity index is 1.56. The first kappa shape index (κ1) is 16.7. The van der Waals surface area contributed by atoms with E-state index in [1.165, 1.54) is 0 Å². The summed E-state index contributed by atoms with van der Waals surface area (Å²) in [5.74, 6) is 1.41. The van der Waals surface area contributed by atoms with Crippen molar-refractivity contribution in [3.05, 3.63) is 34.8 Å². The van der Waals surface area contributed by atoms with Crippen molar-refractivity contribution < 1.29 is 9.53 Å².